The Hall–Kier alpha value is -2.89. The number of benzene rings is 1. The lowest BCUT2D eigenvalue weighted by molar-refractivity contribution is -0.141. The van der Waals surface area contributed by atoms with Gasteiger partial charge in [0, 0.05) is 30.4 Å². The second-order valence-electron chi connectivity index (χ2n) is 8.38. The maximum absolute atomic E-state index is 12.9. The van der Waals surface area contributed by atoms with Crippen LogP contribution in [0.4, 0.5) is 5.69 Å². The Bertz CT molecular complexity index is 945. The van der Waals surface area contributed by atoms with Crippen LogP contribution in [0.25, 0.3) is 0 Å². The molecule has 158 valence electrons. The van der Waals surface area contributed by atoms with Gasteiger partial charge in [-0.3, -0.25) is 14.4 Å². The van der Waals surface area contributed by atoms with E-state index in [1.54, 1.807) is 16.8 Å². The molecule has 6 heteroatoms. The van der Waals surface area contributed by atoms with Gasteiger partial charge in [0.05, 0.1) is 6.54 Å². The molecule has 0 radical (unpaired) electrons. The van der Waals surface area contributed by atoms with Crippen molar-refractivity contribution in [2.75, 3.05) is 11.9 Å². The van der Waals surface area contributed by atoms with Crippen LogP contribution in [0.15, 0.2) is 53.5 Å². The van der Waals surface area contributed by atoms with Gasteiger partial charge in [-0.2, -0.15) is 0 Å². The Balaban J connectivity index is 1.37. The fraction of sp³-hybridized carbons (Fsp3) is 0.458. The van der Waals surface area contributed by atoms with E-state index in [0.29, 0.717) is 18.8 Å². The van der Waals surface area contributed by atoms with Gasteiger partial charge in [0.1, 0.15) is 6.04 Å². The molecule has 1 saturated heterocycles. The van der Waals surface area contributed by atoms with E-state index in [0.717, 1.165) is 44.1 Å². The van der Waals surface area contributed by atoms with E-state index in [1.807, 2.05) is 35.2 Å². The van der Waals surface area contributed by atoms with Crippen molar-refractivity contribution in [3.63, 3.8) is 0 Å². The van der Waals surface area contributed by atoms with Gasteiger partial charge in [-0.15, -0.1) is 0 Å². The van der Waals surface area contributed by atoms with Crippen LogP contribution in [-0.4, -0.2) is 33.9 Å². The molecule has 2 heterocycles. The average Bonchev–Trinajstić information content (AvgIpc) is 3.27. The van der Waals surface area contributed by atoms with E-state index >= 15 is 0 Å². The highest BCUT2D eigenvalue weighted by Gasteiger charge is 2.37. The number of carbonyl (C=O) groups excluding carboxylic acids is 2. The molecule has 1 saturated carbocycles. The highest BCUT2D eigenvalue weighted by atomic mass is 16.2. The van der Waals surface area contributed by atoms with E-state index in [-0.39, 0.29) is 29.3 Å². The molecule has 1 aliphatic carbocycles. The Morgan fingerprint density at radius 1 is 0.933 bits per heavy atom. The predicted molar refractivity (Wildman–Crippen MR) is 116 cm³/mol. The van der Waals surface area contributed by atoms with E-state index in [4.69, 9.17) is 0 Å². The third-order valence-electron chi connectivity index (χ3n) is 6.27. The molecule has 1 aliphatic heterocycles. The Labute approximate surface area is 176 Å². The summed E-state index contributed by atoms with van der Waals surface area (Å²) in [4.78, 5) is 39.5. The summed E-state index contributed by atoms with van der Waals surface area (Å²) >= 11 is 0. The van der Waals surface area contributed by atoms with Gasteiger partial charge < -0.3 is 14.8 Å². The number of hydrogen-bond acceptors (Lipinski definition) is 3. The van der Waals surface area contributed by atoms with E-state index in [1.165, 1.54) is 12.5 Å². The summed E-state index contributed by atoms with van der Waals surface area (Å²) < 4.78 is 1.64. The first-order chi connectivity index (χ1) is 14.6. The predicted octanol–water partition coefficient (Wildman–Crippen LogP) is 3.41. The lowest BCUT2D eigenvalue weighted by atomic mass is 9.88. The monoisotopic (exact) mass is 407 g/mol. The van der Waals surface area contributed by atoms with Gasteiger partial charge in [-0.25, -0.2) is 0 Å². The summed E-state index contributed by atoms with van der Waals surface area (Å²) in [7, 11) is 0. The molecule has 30 heavy (non-hydrogen) atoms. The van der Waals surface area contributed by atoms with E-state index in [2.05, 4.69) is 5.32 Å². The van der Waals surface area contributed by atoms with Gasteiger partial charge in [-0.05, 0) is 49.4 Å². The number of hydrogen-bond donors (Lipinski definition) is 1. The third-order valence-corrected chi connectivity index (χ3v) is 6.27. The normalized spacial score (nSPS) is 19.6. The lowest BCUT2D eigenvalue weighted by Crippen LogP contribution is -2.46. The minimum atomic E-state index is -0.373. The first-order valence-electron chi connectivity index (χ1n) is 11.0. The highest BCUT2D eigenvalue weighted by Crippen LogP contribution is 2.29. The summed E-state index contributed by atoms with van der Waals surface area (Å²) in [5.41, 5.74) is 1.65. The van der Waals surface area contributed by atoms with Crippen LogP contribution in [0.5, 0.6) is 0 Å². The number of anilines is 1. The first kappa shape index (κ1) is 20.4. The van der Waals surface area contributed by atoms with Gasteiger partial charge in [0.2, 0.25) is 11.8 Å². The maximum atomic E-state index is 12.9. The van der Waals surface area contributed by atoms with Crippen molar-refractivity contribution in [2.45, 2.75) is 57.5 Å². The Morgan fingerprint density at radius 2 is 1.70 bits per heavy atom. The second-order valence-corrected chi connectivity index (χ2v) is 8.38. The zero-order valence-corrected chi connectivity index (χ0v) is 17.3. The molecule has 2 aromatic rings. The van der Waals surface area contributed by atoms with Gasteiger partial charge in [0.25, 0.3) is 5.56 Å². The summed E-state index contributed by atoms with van der Waals surface area (Å²) in [6.45, 7) is 1.17. The number of nitrogens with zero attached hydrogens (tertiary/aromatic N) is 2. The number of nitrogens with one attached hydrogen (secondary N) is 1. The van der Waals surface area contributed by atoms with Crippen molar-refractivity contribution in [3.05, 3.63) is 64.6 Å². The average molecular weight is 408 g/mol. The van der Waals surface area contributed by atoms with E-state index < -0.39 is 0 Å². The zero-order valence-electron chi connectivity index (χ0n) is 17.3. The van der Waals surface area contributed by atoms with Crippen LogP contribution < -0.4 is 10.9 Å². The van der Waals surface area contributed by atoms with Crippen molar-refractivity contribution < 1.29 is 9.59 Å². The molecular formula is C24H29N3O3. The minimum Gasteiger partial charge on any atom is -0.330 e. The van der Waals surface area contributed by atoms with Crippen LogP contribution in [0.3, 0.4) is 0 Å². The van der Waals surface area contributed by atoms with E-state index in [9.17, 15) is 14.4 Å². The highest BCUT2D eigenvalue weighted by molar-refractivity contribution is 5.97. The number of likely N-dealkylation sites (tertiary alicyclic amines) is 1. The van der Waals surface area contributed by atoms with Crippen molar-refractivity contribution in [1.82, 2.24) is 9.47 Å². The second kappa shape index (κ2) is 9.28. The van der Waals surface area contributed by atoms with Crippen LogP contribution in [0.1, 0.15) is 50.5 Å². The first-order valence-corrected chi connectivity index (χ1v) is 11.0. The molecule has 1 atom stereocenters. The summed E-state index contributed by atoms with van der Waals surface area (Å²) in [5.74, 6) is 0.146. The molecule has 4 rings (SSSR count). The number of rotatable bonds is 5. The molecule has 2 aliphatic rings. The van der Waals surface area contributed by atoms with Crippen molar-refractivity contribution >= 4 is 17.5 Å². The van der Waals surface area contributed by atoms with Crippen LogP contribution in [0, 0.1) is 5.92 Å². The van der Waals surface area contributed by atoms with Gasteiger partial charge in [0.15, 0.2) is 0 Å². The number of pyridine rings is 1. The van der Waals surface area contributed by atoms with Crippen molar-refractivity contribution in [2.24, 2.45) is 5.92 Å². The summed E-state index contributed by atoms with van der Waals surface area (Å²) in [5, 5.41) is 2.97. The number of amides is 2. The summed E-state index contributed by atoms with van der Waals surface area (Å²) in [6.07, 6.45) is 8.70. The Morgan fingerprint density at radius 3 is 2.43 bits per heavy atom. The molecule has 6 nitrogen and oxygen atoms in total. The van der Waals surface area contributed by atoms with Crippen LogP contribution >= 0.6 is 0 Å². The van der Waals surface area contributed by atoms with Crippen molar-refractivity contribution in [1.29, 1.82) is 0 Å². The molecule has 1 unspecified atom stereocenters. The molecule has 1 aromatic heterocycles. The SMILES string of the molecule is O=C(Nc1ccc(Cn2ccccc2=O)cc1)C1CCCN1C(=O)C1CCCCC1. The van der Waals surface area contributed by atoms with Crippen LogP contribution in [-0.2, 0) is 16.1 Å². The third kappa shape index (κ3) is 4.64. The molecule has 2 amide bonds. The number of aromatic nitrogens is 1. The molecule has 1 N–H and O–H groups in total. The van der Waals surface area contributed by atoms with Gasteiger partial charge in [-0.1, -0.05) is 37.5 Å². The maximum Gasteiger partial charge on any atom is 0.250 e. The zero-order chi connectivity index (χ0) is 20.9. The standard InChI is InChI=1S/C24H29N3O3/c28-22-10-4-5-15-26(22)17-18-11-13-20(14-12-18)25-23(29)21-9-6-16-27(21)24(30)19-7-2-1-3-8-19/h4-5,10-15,19,21H,1-3,6-9,16-17H2,(H,25,29). The molecule has 0 spiro atoms. The fourth-order valence-corrected chi connectivity index (χ4v) is 4.59. The van der Waals surface area contributed by atoms with Gasteiger partial charge >= 0.3 is 0 Å². The number of carbonyl (C=O) groups is 2. The summed E-state index contributed by atoms with van der Waals surface area (Å²) in [6, 6.07) is 12.2. The molecule has 2 fully saturated rings. The molecular weight excluding hydrogens is 378 g/mol. The largest absolute Gasteiger partial charge is 0.330 e. The topological polar surface area (TPSA) is 71.4 Å². The lowest BCUT2D eigenvalue weighted by Gasteiger charge is -2.30. The molecule has 1 aromatic carbocycles. The quantitative estimate of drug-likeness (QED) is 0.826. The minimum absolute atomic E-state index is 0.0427. The Kier molecular flexibility index (Phi) is 6.31. The molecule has 0 bridgehead atoms. The smallest absolute Gasteiger partial charge is 0.250 e. The van der Waals surface area contributed by atoms with Crippen molar-refractivity contribution in [3.8, 4) is 0 Å². The fourth-order valence-electron chi connectivity index (χ4n) is 4.59. The van der Waals surface area contributed by atoms with Crippen LogP contribution in [0.2, 0.25) is 0 Å².